The predicted octanol–water partition coefficient (Wildman–Crippen LogP) is 2.85. The molecular formula is C22H30N2O5S. The maximum Gasteiger partial charge on any atom is 0.243 e. The number of nitrogens with one attached hydrogen (secondary N) is 1. The largest absolute Gasteiger partial charge is 0.497 e. The van der Waals surface area contributed by atoms with Crippen molar-refractivity contribution in [3.63, 3.8) is 0 Å². The smallest absolute Gasteiger partial charge is 0.243 e. The summed E-state index contributed by atoms with van der Waals surface area (Å²) in [6.07, 6.45) is 1.70. The van der Waals surface area contributed by atoms with E-state index in [1.54, 1.807) is 12.1 Å². The zero-order chi connectivity index (χ0) is 22.1. The standard InChI is InChI=1S/C22H30N2O5S/c1-17(2)29-20-9-7-18(8-10-20)6-5-15-23-22(25)16-24(3)30(26,27)21-13-11-19(28-4)12-14-21/h7-14,17H,5-6,15-16H2,1-4H3,(H,23,25). The van der Waals surface area contributed by atoms with Crippen molar-refractivity contribution in [2.75, 3.05) is 27.2 Å². The third-order valence-corrected chi connectivity index (χ3v) is 6.21. The van der Waals surface area contributed by atoms with Crippen LogP contribution in [0.1, 0.15) is 25.8 Å². The number of ether oxygens (including phenoxy) is 2. The molecule has 2 rings (SSSR count). The molecule has 8 heteroatoms. The summed E-state index contributed by atoms with van der Waals surface area (Å²) in [5.74, 6) is 1.06. The summed E-state index contributed by atoms with van der Waals surface area (Å²) in [7, 11) is -0.841. The van der Waals surface area contributed by atoms with Gasteiger partial charge in [-0.3, -0.25) is 4.79 Å². The van der Waals surface area contributed by atoms with Gasteiger partial charge in [0.1, 0.15) is 11.5 Å². The third kappa shape index (κ3) is 7.03. The molecule has 0 saturated carbocycles. The van der Waals surface area contributed by atoms with Gasteiger partial charge >= 0.3 is 0 Å². The Hall–Kier alpha value is -2.58. The number of carbonyl (C=O) groups is 1. The molecule has 164 valence electrons. The van der Waals surface area contributed by atoms with Crippen LogP contribution in [0.5, 0.6) is 11.5 Å². The molecule has 0 aliphatic rings. The van der Waals surface area contributed by atoms with Gasteiger partial charge in [-0.2, -0.15) is 4.31 Å². The number of sulfonamides is 1. The molecule has 7 nitrogen and oxygen atoms in total. The fourth-order valence-corrected chi connectivity index (χ4v) is 3.93. The normalized spacial score (nSPS) is 11.5. The molecule has 0 aliphatic heterocycles. The number of nitrogens with zero attached hydrogens (tertiary/aromatic N) is 1. The zero-order valence-electron chi connectivity index (χ0n) is 17.9. The van der Waals surface area contributed by atoms with Crippen molar-refractivity contribution in [3.8, 4) is 11.5 Å². The van der Waals surface area contributed by atoms with Gasteiger partial charge in [-0.05, 0) is 68.7 Å². The van der Waals surface area contributed by atoms with E-state index in [2.05, 4.69) is 5.32 Å². The van der Waals surface area contributed by atoms with Gasteiger partial charge in [0, 0.05) is 13.6 Å². The van der Waals surface area contributed by atoms with E-state index in [0.29, 0.717) is 12.3 Å². The highest BCUT2D eigenvalue weighted by Gasteiger charge is 2.22. The highest BCUT2D eigenvalue weighted by Crippen LogP contribution is 2.18. The van der Waals surface area contributed by atoms with Crippen LogP contribution in [0.25, 0.3) is 0 Å². The molecular weight excluding hydrogens is 404 g/mol. The summed E-state index contributed by atoms with van der Waals surface area (Å²) in [5.41, 5.74) is 1.15. The van der Waals surface area contributed by atoms with Crippen molar-refractivity contribution in [1.29, 1.82) is 0 Å². The molecule has 0 bridgehead atoms. The Morgan fingerprint density at radius 2 is 1.63 bits per heavy atom. The Kier molecular flexibility index (Phi) is 8.68. The number of hydrogen-bond acceptors (Lipinski definition) is 5. The van der Waals surface area contributed by atoms with E-state index in [-0.39, 0.29) is 23.5 Å². The minimum Gasteiger partial charge on any atom is -0.497 e. The lowest BCUT2D eigenvalue weighted by Gasteiger charge is -2.17. The fourth-order valence-electron chi connectivity index (χ4n) is 2.80. The van der Waals surface area contributed by atoms with E-state index >= 15 is 0 Å². The topological polar surface area (TPSA) is 84.9 Å². The summed E-state index contributed by atoms with van der Waals surface area (Å²) in [4.78, 5) is 12.3. The van der Waals surface area contributed by atoms with Crippen LogP contribution in [0, 0.1) is 0 Å². The summed E-state index contributed by atoms with van der Waals surface area (Å²) >= 11 is 0. The number of rotatable bonds is 11. The van der Waals surface area contributed by atoms with E-state index in [9.17, 15) is 13.2 Å². The maximum atomic E-state index is 12.6. The van der Waals surface area contributed by atoms with E-state index in [1.165, 1.54) is 26.3 Å². The highest BCUT2D eigenvalue weighted by molar-refractivity contribution is 7.89. The van der Waals surface area contributed by atoms with E-state index in [1.807, 2.05) is 38.1 Å². The number of hydrogen-bond donors (Lipinski definition) is 1. The third-order valence-electron chi connectivity index (χ3n) is 4.39. The lowest BCUT2D eigenvalue weighted by molar-refractivity contribution is -0.121. The first-order valence-corrected chi connectivity index (χ1v) is 11.3. The SMILES string of the molecule is COc1ccc(S(=O)(=O)N(C)CC(=O)NCCCc2ccc(OC(C)C)cc2)cc1. The number of methoxy groups -OCH3 is 1. The van der Waals surface area contributed by atoms with Gasteiger partial charge in [-0.25, -0.2) is 8.42 Å². The van der Waals surface area contributed by atoms with Gasteiger partial charge in [0.15, 0.2) is 0 Å². The van der Waals surface area contributed by atoms with Crippen molar-refractivity contribution in [3.05, 3.63) is 54.1 Å². The number of benzene rings is 2. The fraction of sp³-hybridized carbons (Fsp3) is 0.409. The molecule has 0 saturated heterocycles. The maximum absolute atomic E-state index is 12.6. The molecule has 30 heavy (non-hydrogen) atoms. The first-order valence-electron chi connectivity index (χ1n) is 9.85. The monoisotopic (exact) mass is 434 g/mol. The minimum absolute atomic E-state index is 0.114. The van der Waals surface area contributed by atoms with Gasteiger partial charge in [0.2, 0.25) is 15.9 Å². The van der Waals surface area contributed by atoms with Crippen molar-refractivity contribution in [2.24, 2.45) is 0 Å². The lowest BCUT2D eigenvalue weighted by Crippen LogP contribution is -2.38. The molecule has 0 aromatic heterocycles. The number of carbonyl (C=O) groups excluding carboxylic acids is 1. The minimum atomic E-state index is -3.74. The number of amides is 1. The molecule has 0 radical (unpaired) electrons. The van der Waals surface area contributed by atoms with E-state index in [0.717, 1.165) is 28.5 Å². The summed E-state index contributed by atoms with van der Waals surface area (Å²) in [5, 5.41) is 2.77. The molecule has 2 aromatic carbocycles. The molecule has 0 heterocycles. The van der Waals surface area contributed by atoms with Crippen LogP contribution in [0.3, 0.4) is 0 Å². The zero-order valence-corrected chi connectivity index (χ0v) is 18.7. The summed E-state index contributed by atoms with van der Waals surface area (Å²) in [6, 6.07) is 14.0. The Balaban J connectivity index is 1.76. The van der Waals surface area contributed by atoms with Gasteiger partial charge in [0.05, 0.1) is 24.7 Å². The Labute approximate surface area is 179 Å². The average Bonchev–Trinajstić information content (AvgIpc) is 2.72. The molecule has 1 amide bonds. The Bertz CT molecular complexity index is 910. The van der Waals surface area contributed by atoms with Crippen molar-refractivity contribution in [1.82, 2.24) is 9.62 Å². The molecule has 2 aromatic rings. The highest BCUT2D eigenvalue weighted by atomic mass is 32.2. The molecule has 1 N–H and O–H groups in total. The van der Waals surface area contributed by atoms with E-state index in [4.69, 9.17) is 9.47 Å². The first kappa shape index (κ1) is 23.7. The second-order valence-electron chi connectivity index (χ2n) is 7.20. The average molecular weight is 435 g/mol. The summed E-state index contributed by atoms with van der Waals surface area (Å²) in [6.45, 7) is 4.20. The quantitative estimate of drug-likeness (QED) is 0.550. The Morgan fingerprint density at radius 3 is 2.20 bits per heavy atom. The van der Waals surface area contributed by atoms with Gasteiger partial charge in [-0.15, -0.1) is 0 Å². The second kappa shape index (κ2) is 11.0. The van der Waals surface area contributed by atoms with Gasteiger partial charge < -0.3 is 14.8 Å². The number of likely N-dealkylation sites (N-methyl/N-ethyl adjacent to an activating group) is 1. The van der Waals surface area contributed by atoms with Crippen molar-refractivity contribution >= 4 is 15.9 Å². The molecule has 0 fully saturated rings. The molecule has 0 atom stereocenters. The van der Waals surface area contributed by atoms with Crippen LogP contribution in [0.2, 0.25) is 0 Å². The first-order chi connectivity index (χ1) is 14.2. The Morgan fingerprint density at radius 1 is 1.03 bits per heavy atom. The lowest BCUT2D eigenvalue weighted by atomic mass is 10.1. The van der Waals surface area contributed by atoms with Crippen molar-refractivity contribution in [2.45, 2.75) is 37.7 Å². The van der Waals surface area contributed by atoms with Crippen LogP contribution in [-0.4, -0.2) is 52.0 Å². The van der Waals surface area contributed by atoms with Crippen LogP contribution in [0.15, 0.2) is 53.4 Å². The summed E-state index contributed by atoms with van der Waals surface area (Å²) < 4.78 is 36.8. The van der Waals surface area contributed by atoms with Crippen molar-refractivity contribution < 1.29 is 22.7 Å². The van der Waals surface area contributed by atoms with E-state index < -0.39 is 10.0 Å². The van der Waals surface area contributed by atoms with Crippen LogP contribution < -0.4 is 14.8 Å². The predicted molar refractivity (Wildman–Crippen MR) is 116 cm³/mol. The van der Waals surface area contributed by atoms with Crippen LogP contribution in [-0.2, 0) is 21.2 Å². The molecule has 0 aliphatic carbocycles. The second-order valence-corrected chi connectivity index (χ2v) is 9.25. The molecule has 0 spiro atoms. The van der Waals surface area contributed by atoms with Gasteiger partial charge in [-0.1, -0.05) is 12.1 Å². The number of aryl methyl sites for hydroxylation is 1. The molecule has 0 unspecified atom stereocenters. The van der Waals surface area contributed by atoms with Crippen LogP contribution >= 0.6 is 0 Å². The van der Waals surface area contributed by atoms with Crippen LogP contribution in [0.4, 0.5) is 0 Å². The van der Waals surface area contributed by atoms with Gasteiger partial charge in [0.25, 0.3) is 0 Å².